The van der Waals surface area contributed by atoms with Crippen molar-refractivity contribution in [2.75, 3.05) is 6.61 Å². The molecule has 0 spiro atoms. The molecule has 0 unspecified atom stereocenters. The van der Waals surface area contributed by atoms with Crippen molar-refractivity contribution < 1.29 is 10.0 Å². The van der Waals surface area contributed by atoms with Gasteiger partial charge in [0.25, 0.3) is 5.69 Å². The standard InChI is InChI=1S/C12H17NO3/c1-9-4-5-11(13(15)16)6-10(9)7-12(2,3)8-14/h4-6,14H,7-8H2,1-3H3. The molecular weight excluding hydrogens is 206 g/mol. The third kappa shape index (κ3) is 3.03. The van der Waals surface area contributed by atoms with Crippen molar-refractivity contribution >= 4 is 5.69 Å². The fraction of sp³-hybridized carbons (Fsp3) is 0.500. The molecule has 0 saturated carbocycles. The minimum absolute atomic E-state index is 0.0646. The van der Waals surface area contributed by atoms with Crippen LogP contribution in [0.15, 0.2) is 18.2 Å². The summed E-state index contributed by atoms with van der Waals surface area (Å²) in [5, 5.41) is 19.8. The summed E-state index contributed by atoms with van der Waals surface area (Å²) >= 11 is 0. The first-order valence-electron chi connectivity index (χ1n) is 5.20. The Kier molecular flexibility index (Phi) is 3.65. The van der Waals surface area contributed by atoms with Gasteiger partial charge in [-0.1, -0.05) is 19.9 Å². The van der Waals surface area contributed by atoms with Gasteiger partial charge in [-0.15, -0.1) is 0 Å². The maximum absolute atomic E-state index is 10.7. The van der Waals surface area contributed by atoms with Gasteiger partial charge in [0.05, 0.1) is 4.92 Å². The molecule has 0 aliphatic rings. The molecule has 1 aromatic carbocycles. The van der Waals surface area contributed by atoms with E-state index in [0.717, 1.165) is 11.1 Å². The molecule has 0 radical (unpaired) electrons. The van der Waals surface area contributed by atoms with Crippen molar-refractivity contribution in [3.8, 4) is 0 Å². The first-order valence-corrected chi connectivity index (χ1v) is 5.20. The fourth-order valence-corrected chi connectivity index (χ4v) is 1.53. The van der Waals surface area contributed by atoms with Crippen LogP contribution in [0.4, 0.5) is 5.69 Å². The smallest absolute Gasteiger partial charge is 0.269 e. The van der Waals surface area contributed by atoms with Gasteiger partial charge < -0.3 is 5.11 Å². The SMILES string of the molecule is Cc1ccc([N+](=O)[O-])cc1CC(C)(C)CO. The summed E-state index contributed by atoms with van der Waals surface area (Å²) < 4.78 is 0. The van der Waals surface area contributed by atoms with Crippen molar-refractivity contribution in [1.29, 1.82) is 0 Å². The summed E-state index contributed by atoms with van der Waals surface area (Å²) in [5.41, 5.74) is 1.80. The quantitative estimate of drug-likeness (QED) is 0.630. The molecule has 0 fully saturated rings. The Hall–Kier alpha value is -1.42. The van der Waals surface area contributed by atoms with E-state index in [1.165, 1.54) is 6.07 Å². The Bertz CT molecular complexity index is 399. The molecular formula is C12H17NO3. The molecule has 0 amide bonds. The lowest BCUT2D eigenvalue weighted by atomic mass is 9.85. The van der Waals surface area contributed by atoms with E-state index in [-0.39, 0.29) is 17.7 Å². The second-order valence-corrected chi connectivity index (χ2v) is 4.87. The van der Waals surface area contributed by atoms with Crippen LogP contribution in [0.25, 0.3) is 0 Å². The largest absolute Gasteiger partial charge is 0.396 e. The Balaban J connectivity index is 3.03. The van der Waals surface area contributed by atoms with Gasteiger partial charge in [0, 0.05) is 18.7 Å². The summed E-state index contributed by atoms with van der Waals surface area (Å²) in [6.07, 6.45) is 0.636. The number of hydrogen-bond donors (Lipinski definition) is 1. The minimum atomic E-state index is -0.394. The molecule has 1 aromatic rings. The summed E-state index contributed by atoms with van der Waals surface area (Å²) in [4.78, 5) is 10.3. The van der Waals surface area contributed by atoms with Crippen LogP contribution in [0.1, 0.15) is 25.0 Å². The van der Waals surface area contributed by atoms with E-state index in [0.29, 0.717) is 6.42 Å². The van der Waals surface area contributed by atoms with Gasteiger partial charge in [-0.05, 0) is 29.9 Å². The Labute approximate surface area is 95.1 Å². The number of hydrogen-bond acceptors (Lipinski definition) is 3. The lowest BCUT2D eigenvalue weighted by Crippen LogP contribution is -2.20. The number of aliphatic hydroxyl groups is 1. The van der Waals surface area contributed by atoms with Crippen molar-refractivity contribution in [1.82, 2.24) is 0 Å². The lowest BCUT2D eigenvalue weighted by Gasteiger charge is -2.22. The van der Waals surface area contributed by atoms with Gasteiger partial charge in [-0.2, -0.15) is 0 Å². The zero-order valence-corrected chi connectivity index (χ0v) is 9.86. The second-order valence-electron chi connectivity index (χ2n) is 4.87. The molecule has 0 heterocycles. The molecule has 0 aliphatic heterocycles. The predicted molar refractivity (Wildman–Crippen MR) is 62.4 cm³/mol. The van der Waals surface area contributed by atoms with Crippen LogP contribution in [0.2, 0.25) is 0 Å². The number of nitrogens with zero attached hydrogens (tertiary/aromatic N) is 1. The predicted octanol–water partition coefficient (Wildman–Crippen LogP) is 2.46. The first-order chi connectivity index (χ1) is 7.35. The number of benzene rings is 1. The van der Waals surface area contributed by atoms with Gasteiger partial charge in [0.1, 0.15) is 0 Å². The zero-order valence-electron chi connectivity index (χ0n) is 9.86. The van der Waals surface area contributed by atoms with Gasteiger partial charge in [0.15, 0.2) is 0 Å². The maximum atomic E-state index is 10.7. The average molecular weight is 223 g/mol. The highest BCUT2D eigenvalue weighted by molar-refractivity contribution is 5.39. The van der Waals surface area contributed by atoms with E-state index in [1.54, 1.807) is 12.1 Å². The number of aryl methyl sites for hydroxylation is 1. The molecule has 0 atom stereocenters. The summed E-state index contributed by atoms with van der Waals surface area (Å²) in [7, 11) is 0. The third-order valence-corrected chi connectivity index (χ3v) is 2.64. The Morgan fingerprint density at radius 1 is 1.44 bits per heavy atom. The van der Waals surface area contributed by atoms with Crippen molar-refractivity contribution in [2.24, 2.45) is 5.41 Å². The number of nitro groups is 1. The van der Waals surface area contributed by atoms with Crippen molar-refractivity contribution in [2.45, 2.75) is 27.2 Å². The minimum Gasteiger partial charge on any atom is -0.396 e. The molecule has 4 heteroatoms. The highest BCUT2D eigenvalue weighted by Crippen LogP contribution is 2.25. The van der Waals surface area contributed by atoms with Gasteiger partial charge in [0.2, 0.25) is 0 Å². The monoisotopic (exact) mass is 223 g/mol. The van der Waals surface area contributed by atoms with Gasteiger partial charge >= 0.3 is 0 Å². The number of non-ortho nitro benzene ring substituents is 1. The average Bonchev–Trinajstić information content (AvgIpc) is 2.21. The second kappa shape index (κ2) is 4.61. The van der Waals surface area contributed by atoms with E-state index in [2.05, 4.69) is 0 Å². The van der Waals surface area contributed by atoms with E-state index in [9.17, 15) is 15.2 Å². The van der Waals surface area contributed by atoms with Crippen LogP contribution in [0, 0.1) is 22.5 Å². The summed E-state index contributed by atoms with van der Waals surface area (Å²) in [6, 6.07) is 4.85. The summed E-state index contributed by atoms with van der Waals surface area (Å²) in [6.45, 7) is 5.86. The first kappa shape index (κ1) is 12.6. The Morgan fingerprint density at radius 3 is 2.56 bits per heavy atom. The van der Waals surface area contributed by atoms with Gasteiger partial charge in [-0.3, -0.25) is 10.1 Å². The molecule has 88 valence electrons. The number of nitro benzene ring substituents is 1. The molecule has 1 N–H and O–H groups in total. The highest BCUT2D eigenvalue weighted by atomic mass is 16.6. The molecule has 0 bridgehead atoms. The van der Waals surface area contributed by atoms with E-state index in [4.69, 9.17) is 0 Å². The van der Waals surface area contributed by atoms with Crippen LogP contribution >= 0.6 is 0 Å². The van der Waals surface area contributed by atoms with Crippen LogP contribution in [-0.4, -0.2) is 16.6 Å². The molecule has 0 aromatic heterocycles. The number of aliphatic hydroxyl groups excluding tert-OH is 1. The normalized spacial score (nSPS) is 11.5. The lowest BCUT2D eigenvalue weighted by molar-refractivity contribution is -0.384. The van der Waals surface area contributed by atoms with E-state index < -0.39 is 4.92 Å². The molecule has 0 saturated heterocycles. The van der Waals surface area contributed by atoms with Crippen LogP contribution in [0.5, 0.6) is 0 Å². The molecule has 16 heavy (non-hydrogen) atoms. The van der Waals surface area contributed by atoms with E-state index >= 15 is 0 Å². The Morgan fingerprint density at radius 2 is 2.06 bits per heavy atom. The molecule has 1 rings (SSSR count). The number of rotatable bonds is 4. The van der Waals surface area contributed by atoms with Crippen LogP contribution < -0.4 is 0 Å². The van der Waals surface area contributed by atoms with Crippen LogP contribution in [0.3, 0.4) is 0 Å². The third-order valence-electron chi connectivity index (χ3n) is 2.64. The van der Waals surface area contributed by atoms with Crippen molar-refractivity contribution in [3.05, 3.63) is 39.4 Å². The van der Waals surface area contributed by atoms with Crippen LogP contribution in [-0.2, 0) is 6.42 Å². The maximum Gasteiger partial charge on any atom is 0.269 e. The molecule has 4 nitrogen and oxygen atoms in total. The zero-order chi connectivity index (χ0) is 12.3. The summed E-state index contributed by atoms with van der Waals surface area (Å²) in [5.74, 6) is 0. The molecule has 0 aliphatic carbocycles. The topological polar surface area (TPSA) is 63.4 Å². The van der Waals surface area contributed by atoms with E-state index in [1.807, 2.05) is 20.8 Å². The van der Waals surface area contributed by atoms with Crippen molar-refractivity contribution in [3.63, 3.8) is 0 Å². The fourth-order valence-electron chi connectivity index (χ4n) is 1.53. The highest BCUT2D eigenvalue weighted by Gasteiger charge is 2.19. The van der Waals surface area contributed by atoms with Gasteiger partial charge in [-0.25, -0.2) is 0 Å².